The quantitative estimate of drug-likeness (QED) is 0.499. The lowest BCUT2D eigenvalue weighted by molar-refractivity contribution is -0.384. The molecule has 0 unspecified atom stereocenters. The Balaban J connectivity index is 1.73. The van der Waals surface area contributed by atoms with Gasteiger partial charge in [-0.25, -0.2) is 0 Å². The number of nitro benzene ring substituents is 1. The van der Waals surface area contributed by atoms with E-state index in [1.807, 2.05) is 47.4 Å². The van der Waals surface area contributed by atoms with Gasteiger partial charge in [0, 0.05) is 38.0 Å². The van der Waals surface area contributed by atoms with Crippen LogP contribution in [0.5, 0.6) is 0 Å². The van der Waals surface area contributed by atoms with E-state index in [1.165, 1.54) is 17.0 Å². The van der Waals surface area contributed by atoms with E-state index in [2.05, 4.69) is 0 Å². The van der Waals surface area contributed by atoms with Gasteiger partial charge in [0.2, 0.25) is 0 Å². The molecule has 0 bridgehead atoms. The molecular weight excluding hydrogens is 370 g/mol. The summed E-state index contributed by atoms with van der Waals surface area (Å²) in [4.78, 5) is 27.8. The number of anilines is 2. The van der Waals surface area contributed by atoms with Crippen molar-refractivity contribution in [2.75, 3.05) is 43.2 Å². The van der Waals surface area contributed by atoms with Crippen molar-refractivity contribution in [2.24, 2.45) is 0 Å². The van der Waals surface area contributed by atoms with Crippen molar-refractivity contribution in [3.63, 3.8) is 0 Å². The number of hydrogen-bond donors (Lipinski definition) is 0. The molecule has 1 amide bonds. The molecule has 1 aliphatic heterocycles. The Bertz CT molecular complexity index is 1080. The Morgan fingerprint density at radius 2 is 1.76 bits per heavy atom. The molecule has 0 spiro atoms. The van der Waals surface area contributed by atoms with Crippen LogP contribution in [0.4, 0.5) is 17.1 Å². The van der Waals surface area contributed by atoms with E-state index in [9.17, 15) is 14.9 Å². The van der Waals surface area contributed by atoms with Crippen LogP contribution in [-0.4, -0.2) is 44.2 Å². The van der Waals surface area contributed by atoms with Gasteiger partial charge >= 0.3 is 0 Å². The minimum atomic E-state index is -0.476. The number of carbonyl (C=O) groups excluding carboxylic acids is 1. The maximum atomic E-state index is 13.4. The highest BCUT2D eigenvalue weighted by molar-refractivity contribution is 6.10. The second-order valence-corrected chi connectivity index (χ2v) is 6.95. The lowest BCUT2D eigenvalue weighted by Crippen LogP contribution is -2.38. The van der Waals surface area contributed by atoms with Crippen LogP contribution >= 0.6 is 0 Å². The van der Waals surface area contributed by atoms with E-state index >= 15 is 0 Å². The fourth-order valence-corrected chi connectivity index (χ4v) is 3.57. The molecule has 0 saturated carbocycles. The minimum Gasteiger partial charge on any atom is -0.378 e. The third-order valence-electron chi connectivity index (χ3n) is 5.20. The van der Waals surface area contributed by atoms with E-state index in [-0.39, 0.29) is 11.6 Å². The van der Waals surface area contributed by atoms with Crippen LogP contribution < -0.4 is 9.80 Å². The number of hydrogen-bond acceptors (Lipinski definition) is 5. The first kappa shape index (κ1) is 18.9. The predicted molar refractivity (Wildman–Crippen MR) is 113 cm³/mol. The number of nitrogens with zero attached hydrogens (tertiary/aromatic N) is 3. The number of morpholine rings is 1. The highest BCUT2D eigenvalue weighted by atomic mass is 16.6. The summed E-state index contributed by atoms with van der Waals surface area (Å²) >= 11 is 0. The third kappa shape index (κ3) is 3.77. The molecule has 1 fully saturated rings. The zero-order chi connectivity index (χ0) is 20.4. The van der Waals surface area contributed by atoms with Gasteiger partial charge in [-0.15, -0.1) is 0 Å². The van der Waals surface area contributed by atoms with Crippen molar-refractivity contribution in [1.82, 2.24) is 0 Å². The number of ether oxygens (including phenoxy) is 1. The molecule has 1 aliphatic rings. The molecule has 0 N–H and O–H groups in total. The van der Waals surface area contributed by atoms with Crippen molar-refractivity contribution in [3.8, 4) is 0 Å². The summed E-state index contributed by atoms with van der Waals surface area (Å²) in [6.45, 7) is 2.39. The number of nitro groups is 1. The second kappa shape index (κ2) is 7.89. The molecule has 4 rings (SSSR count). The van der Waals surface area contributed by atoms with Gasteiger partial charge in [-0.2, -0.15) is 0 Å². The number of fused-ring (bicyclic) bond motifs is 1. The molecule has 148 valence electrons. The Hall–Kier alpha value is -3.45. The van der Waals surface area contributed by atoms with Crippen LogP contribution in [0, 0.1) is 10.1 Å². The maximum Gasteiger partial charge on any atom is 0.270 e. The van der Waals surface area contributed by atoms with Crippen molar-refractivity contribution < 1.29 is 14.5 Å². The van der Waals surface area contributed by atoms with E-state index in [0.717, 1.165) is 16.5 Å². The van der Waals surface area contributed by atoms with Crippen molar-refractivity contribution in [2.45, 2.75) is 0 Å². The van der Waals surface area contributed by atoms with Gasteiger partial charge in [-0.3, -0.25) is 14.9 Å². The maximum absolute atomic E-state index is 13.4. The monoisotopic (exact) mass is 391 g/mol. The fraction of sp³-hybridized carbons (Fsp3) is 0.227. The average Bonchev–Trinajstić information content (AvgIpc) is 2.78. The number of amides is 1. The van der Waals surface area contributed by atoms with Gasteiger partial charge in [-0.1, -0.05) is 30.3 Å². The molecule has 7 heteroatoms. The normalized spacial score (nSPS) is 14.0. The lowest BCUT2D eigenvalue weighted by Gasteiger charge is -2.31. The Kier molecular flexibility index (Phi) is 5.14. The number of carbonyl (C=O) groups is 1. The largest absolute Gasteiger partial charge is 0.378 e. The summed E-state index contributed by atoms with van der Waals surface area (Å²) in [5.74, 6) is -0.287. The zero-order valence-corrected chi connectivity index (χ0v) is 16.1. The standard InChI is InChI=1S/C22H21N3O4/c1-23(18-7-6-16-4-2-3-5-17(16)14-18)22(26)20-15-19(25(27)28)8-9-21(20)24-10-12-29-13-11-24/h2-9,14-15H,10-13H2,1H3. The van der Waals surface area contributed by atoms with Gasteiger partial charge < -0.3 is 14.5 Å². The smallest absolute Gasteiger partial charge is 0.270 e. The SMILES string of the molecule is CN(C(=O)c1cc([N+](=O)[O-])ccc1N1CCOCC1)c1ccc2ccccc2c1. The van der Waals surface area contributed by atoms with E-state index in [4.69, 9.17) is 4.74 Å². The first-order valence-corrected chi connectivity index (χ1v) is 9.42. The van der Waals surface area contributed by atoms with Crippen molar-refractivity contribution in [1.29, 1.82) is 0 Å². The van der Waals surface area contributed by atoms with Crippen molar-refractivity contribution >= 4 is 33.7 Å². The number of non-ortho nitro benzene ring substituents is 1. The molecule has 3 aromatic rings. The molecular formula is C22H21N3O4. The van der Waals surface area contributed by atoms with Crippen LogP contribution in [0.25, 0.3) is 10.8 Å². The van der Waals surface area contributed by atoms with Gasteiger partial charge in [-0.05, 0) is 29.0 Å². The summed E-state index contributed by atoms with van der Waals surface area (Å²) in [6.07, 6.45) is 0. The van der Waals surface area contributed by atoms with E-state index < -0.39 is 4.92 Å². The van der Waals surface area contributed by atoms with Crippen LogP contribution in [-0.2, 0) is 4.74 Å². The molecule has 0 radical (unpaired) electrons. The summed E-state index contributed by atoms with van der Waals surface area (Å²) in [5, 5.41) is 13.4. The summed E-state index contributed by atoms with van der Waals surface area (Å²) in [5.41, 5.74) is 1.64. The summed E-state index contributed by atoms with van der Waals surface area (Å²) in [6, 6.07) is 18.2. The molecule has 1 saturated heterocycles. The molecule has 1 heterocycles. The number of rotatable bonds is 4. The first-order chi connectivity index (χ1) is 14.0. The Morgan fingerprint density at radius 1 is 1.03 bits per heavy atom. The highest BCUT2D eigenvalue weighted by Gasteiger charge is 2.24. The van der Waals surface area contributed by atoms with Crippen LogP contribution in [0.1, 0.15) is 10.4 Å². The molecule has 0 aromatic heterocycles. The lowest BCUT2D eigenvalue weighted by atomic mass is 10.1. The van der Waals surface area contributed by atoms with Gasteiger partial charge in [0.15, 0.2) is 0 Å². The van der Waals surface area contributed by atoms with Gasteiger partial charge in [0.1, 0.15) is 0 Å². The van der Waals surface area contributed by atoms with Crippen LogP contribution in [0.15, 0.2) is 60.7 Å². The first-order valence-electron chi connectivity index (χ1n) is 9.42. The summed E-state index contributed by atoms with van der Waals surface area (Å²) < 4.78 is 5.40. The summed E-state index contributed by atoms with van der Waals surface area (Å²) in [7, 11) is 1.69. The van der Waals surface area contributed by atoms with Crippen LogP contribution in [0.2, 0.25) is 0 Å². The highest BCUT2D eigenvalue weighted by Crippen LogP contribution is 2.29. The Morgan fingerprint density at radius 3 is 2.48 bits per heavy atom. The van der Waals surface area contributed by atoms with Crippen molar-refractivity contribution in [3.05, 3.63) is 76.3 Å². The molecule has 29 heavy (non-hydrogen) atoms. The van der Waals surface area contributed by atoms with E-state index in [1.54, 1.807) is 13.1 Å². The molecule has 3 aromatic carbocycles. The Labute approximate surface area is 168 Å². The van der Waals surface area contributed by atoms with Gasteiger partial charge in [0.05, 0.1) is 29.4 Å². The topological polar surface area (TPSA) is 75.9 Å². The second-order valence-electron chi connectivity index (χ2n) is 6.95. The zero-order valence-electron chi connectivity index (χ0n) is 16.1. The molecule has 7 nitrogen and oxygen atoms in total. The number of benzene rings is 3. The predicted octanol–water partition coefficient (Wildman–Crippen LogP) is 3.86. The third-order valence-corrected chi connectivity index (χ3v) is 5.20. The average molecular weight is 391 g/mol. The minimum absolute atomic E-state index is 0.0997. The van der Waals surface area contributed by atoms with Crippen LogP contribution in [0.3, 0.4) is 0 Å². The molecule has 0 aliphatic carbocycles. The van der Waals surface area contributed by atoms with Gasteiger partial charge in [0.25, 0.3) is 11.6 Å². The fourth-order valence-electron chi connectivity index (χ4n) is 3.57. The molecule has 0 atom stereocenters. The van der Waals surface area contributed by atoms with E-state index in [0.29, 0.717) is 37.6 Å².